The predicted octanol–water partition coefficient (Wildman–Crippen LogP) is 5.19. The van der Waals surface area contributed by atoms with Gasteiger partial charge in [0.25, 0.3) is 0 Å². The molecule has 1 aliphatic carbocycles. The number of rotatable bonds is 5. The highest BCUT2D eigenvalue weighted by Crippen LogP contribution is 2.26. The minimum Gasteiger partial charge on any atom is -0.385 e. The normalized spacial score (nSPS) is 17.1. The first-order valence-corrected chi connectivity index (χ1v) is 7.59. The van der Waals surface area contributed by atoms with Gasteiger partial charge in [0.05, 0.1) is 0 Å². The molecular weight excluding hydrogens is 218 g/mol. The molecule has 2 rings (SSSR count). The molecule has 18 heavy (non-hydrogen) atoms. The summed E-state index contributed by atoms with van der Waals surface area (Å²) in [5.41, 5.74) is 2.72. The van der Waals surface area contributed by atoms with Crippen LogP contribution in [0, 0.1) is 5.92 Å². The van der Waals surface area contributed by atoms with E-state index >= 15 is 0 Å². The number of benzene rings is 1. The zero-order valence-corrected chi connectivity index (χ0v) is 11.9. The summed E-state index contributed by atoms with van der Waals surface area (Å²) in [7, 11) is 0. The van der Waals surface area contributed by atoms with E-state index in [0.29, 0.717) is 5.92 Å². The molecule has 1 saturated carbocycles. The molecule has 0 heterocycles. The lowest BCUT2D eigenvalue weighted by molar-refractivity contribution is 0.345. The molecule has 1 aliphatic rings. The third-order valence-electron chi connectivity index (χ3n) is 4.16. The highest BCUT2D eigenvalue weighted by Gasteiger charge is 2.12. The van der Waals surface area contributed by atoms with Gasteiger partial charge in [-0.2, -0.15) is 0 Å². The SMILES string of the molecule is CC(C)c1cccc(NCCC2CCCCC2)c1. The summed E-state index contributed by atoms with van der Waals surface area (Å²) in [5, 5.41) is 3.59. The van der Waals surface area contributed by atoms with Gasteiger partial charge in [0.1, 0.15) is 0 Å². The van der Waals surface area contributed by atoms with Crippen LogP contribution in [0.25, 0.3) is 0 Å². The Bertz CT molecular complexity index is 350. The predicted molar refractivity (Wildman–Crippen MR) is 80.2 cm³/mol. The van der Waals surface area contributed by atoms with Gasteiger partial charge in [-0.15, -0.1) is 0 Å². The summed E-state index contributed by atoms with van der Waals surface area (Å²) in [6.07, 6.45) is 8.61. The third kappa shape index (κ3) is 4.04. The van der Waals surface area contributed by atoms with Crippen molar-refractivity contribution in [2.24, 2.45) is 5.92 Å². The molecule has 1 N–H and O–H groups in total. The first-order chi connectivity index (χ1) is 8.75. The van der Waals surface area contributed by atoms with Gasteiger partial charge in [0, 0.05) is 12.2 Å². The molecule has 1 aromatic carbocycles. The number of hydrogen-bond donors (Lipinski definition) is 1. The molecule has 1 fully saturated rings. The molecule has 0 saturated heterocycles. The van der Waals surface area contributed by atoms with Crippen molar-refractivity contribution in [3.05, 3.63) is 29.8 Å². The van der Waals surface area contributed by atoms with Gasteiger partial charge in [0.2, 0.25) is 0 Å². The molecule has 0 aliphatic heterocycles. The molecule has 0 radical (unpaired) electrons. The van der Waals surface area contributed by atoms with Crippen molar-refractivity contribution in [3.8, 4) is 0 Å². The lowest BCUT2D eigenvalue weighted by Gasteiger charge is -2.21. The summed E-state index contributed by atoms with van der Waals surface area (Å²) in [6, 6.07) is 8.87. The molecule has 1 heteroatoms. The van der Waals surface area contributed by atoms with Crippen LogP contribution in [0.1, 0.15) is 63.9 Å². The Kier molecular flexibility index (Phi) is 5.10. The number of hydrogen-bond acceptors (Lipinski definition) is 1. The van der Waals surface area contributed by atoms with Crippen molar-refractivity contribution in [3.63, 3.8) is 0 Å². The van der Waals surface area contributed by atoms with Crippen molar-refractivity contribution in [2.75, 3.05) is 11.9 Å². The summed E-state index contributed by atoms with van der Waals surface area (Å²) < 4.78 is 0. The Labute approximate surface area is 112 Å². The Morgan fingerprint density at radius 3 is 2.67 bits per heavy atom. The second-order valence-electron chi connectivity index (χ2n) is 6.00. The maximum atomic E-state index is 3.59. The van der Waals surface area contributed by atoms with Gasteiger partial charge in [0.15, 0.2) is 0 Å². The number of nitrogens with one attached hydrogen (secondary N) is 1. The van der Waals surface area contributed by atoms with Gasteiger partial charge in [-0.05, 0) is 36.0 Å². The fourth-order valence-electron chi connectivity index (χ4n) is 2.90. The average Bonchev–Trinajstić information content (AvgIpc) is 2.40. The van der Waals surface area contributed by atoms with Crippen molar-refractivity contribution in [1.82, 2.24) is 0 Å². The van der Waals surface area contributed by atoms with Crippen molar-refractivity contribution in [1.29, 1.82) is 0 Å². The van der Waals surface area contributed by atoms with E-state index in [1.165, 1.54) is 49.8 Å². The fourth-order valence-corrected chi connectivity index (χ4v) is 2.90. The molecule has 0 bridgehead atoms. The lowest BCUT2D eigenvalue weighted by Crippen LogP contribution is -2.12. The van der Waals surface area contributed by atoms with Gasteiger partial charge >= 0.3 is 0 Å². The fraction of sp³-hybridized carbons (Fsp3) is 0.647. The van der Waals surface area contributed by atoms with Gasteiger partial charge in [-0.3, -0.25) is 0 Å². The van der Waals surface area contributed by atoms with E-state index in [2.05, 4.69) is 43.4 Å². The molecular formula is C17H27N. The van der Waals surface area contributed by atoms with Crippen LogP contribution >= 0.6 is 0 Å². The Balaban J connectivity index is 1.77. The summed E-state index contributed by atoms with van der Waals surface area (Å²) in [5.74, 6) is 1.59. The van der Waals surface area contributed by atoms with Crippen LogP contribution in [-0.2, 0) is 0 Å². The first kappa shape index (κ1) is 13.5. The molecule has 0 amide bonds. The van der Waals surface area contributed by atoms with E-state index in [4.69, 9.17) is 0 Å². The largest absolute Gasteiger partial charge is 0.385 e. The summed E-state index contributed by atoms with van der Waals surface area (Å²) in [6.45, 7) is 5.63. The van der Waals surface area contributed by atoms with Crippen LogP contribution in [0.15, 0.2) is 24.3 Å². The zero-order valence-electron chi connectivity index (χ0n) is 11.9. The minimum absolute atomic E-state index is 0.616. The highest BCUT2D eigenvalue weighted by atomic mass is 14.9. The molecule has 1 nitrogen and oxygen atoms in total. The van der Waals surface area contributed by atoms with E-state index in [0.717, 1.165) is 12.5 Å². The van der Waals surface area contributed by atoms with Crippen molar-refractivity contribution in [2.45, 2.75) is 58.3 Å². The monoisotopic (exact) mass is 245 g/mol. The molecule has 0 spiro atoms. The van der Waals surface area contributed by atoms with Crippen LogP contribution in [0.3, 0.4) is 0 Å². The van der Waals surface area contributed by atoms with Crippen molar-refractivity contribution < 1.29 is 0 Å². The maximum absolute atomic E-state index is 3.59. The van der Waals surface area contributed by atoms with Gasteiger partial charge < -0.3 is 5.32 Å². The van der Waals surface area contributed by atoms with Crippen LogP contribution in [0.5, 0.6) is 0 Å². The Morgan fingerprint density at radius 1 is 1.17 bits per heavy atom. The molecule has 100 valence electrons. The van der Waals surface area contributed by atoms with Crippen LogP contribution in [0.2, 0.25) is 0 Å². The third-order valence-corrected chi connectivity index (χ3v) is 4.16. The van der Waals surface area contributed by atoms with E-state index in [9.17, 15) is 0 Å². The highest BCUT2D eigenvalue weighted by molar-refractivity contribution is 5.46. The Morgan fingerprint density at radius 2 is 1.94 bits per heavy atom. The van der Waals surface area contributed by atoms with E-state index < -0.39 is 0 Å². The Hall–Kier alpha value is -0.980. The topological polar surface area (TPSA) is 12.0 Å². The molecule has 0 unspecified atom stereocenters. The minimum atomic E-state index is 0.616. The maximum Gasteiger partial charge on any atom is 0.0343 e. The van der Waals surface area contributed by atoms with Crippen molar-refractivity contribution >= 4 is 5.69 Å². The lowest BCUT2D eigenvalue weighted by atomic mass is 9.87. The van der Waals surface area contributed by atoms with E-state index in [-0.39, 0.29) is 0 Å². The standard InChI is InChI=1S/C17H27N/c1-14(2)16-9-6-10-17(13-16)18-12-11-15-7-4-3-5-8-15/h6,9-10,13-15,18H,3-5,7-8,11-12H2,1-2H3. The second-order valence-corrected chi connectivity index (χ2v) is 6.00. The van der Waals surface area contributed by atoms with E-state index in [1.54, 1.807) is 0 Å². The summed E-state index contributed by atoms with van der Waals surface area (Å²) in [4.78, 5) is 0. The molecule has 0 atom stereocenters. The van der Waals surface area contributed by atoms with E-state index in [1.807, 2.05) is 0 Å². The van der Waals surface area contributed by atoms with Crippen LogP contribution in [0.4, 0.5) is 5.69 Å². The average molecular weight is 245 g/mol. The quantitative estimate of drug-likeness (QED) is 0.752. The first-order valence-electron chi connectivity index (χ1n) is 7.59. The molecule has 1 aromatic rings. The summed E-state index contributed by atoms with van der Waals surface area (Å²) >= 11 is 0. The van der Waals surface area contributed by atoms with Gasteiger partial charge in [-0.25, -0.2) is 0 Å². The number of anilines is 1. The smallest absolute Gasteiger partial charge is 0.0343 e. The molecule has 0 aromatic heterocycles. The van der Waals surface area contributed by atoms with Crippen LogP contribution < -0.4 is 5.32 Å². The van der Waals surface area contributed by atoms with Gasteiger partial charge in [-0.1, -0.05) is 58.1 Å². The second kappa shape index (κ2) is 6.82. The zero-order chi connectivity index (χ0) is 12.8. The van der Waals surface area contributed by atoms with Crippen LogP contribution in [-0.4, -0.2) is 6.54 Å².